The van der Waals surface area contributed by atoms with Crippen LogP contribution in [0.2, 0.25) is 0 Å². The van der Waals surface area contributed by atoms with Gasteiger partial charge in [-0.2, -0.15) is 0 Å². The number of amides is 1. The number of nitrogens with zero attached hydrogens (tertiary/aromatic N) is 2. The summed E-state index contributed by atoms with van der Waals surface area (Å²) in [5.74, 6) is -1.83. The molecule has 3 heterocycles. The minimum absolute atomic E-state index is 0.00653. The van der Waals surface area contributed by atoms with Gasteiger partial charge >= 0.3 is 11.9 Å². The maximum Gasteiger partial charge on any atom is 0.335 e. The van der Waals surface area contributed by atoms with Gasteiger partial charge in [0.1, 0.15) is 6.10 Å². The van der Waals surface area contributed by atoms with E-state index in [1.807, 2.05) is 18.2 Å². The number of carbonyl (C=O) groups excluding carboxylic acids is 1. The lowest BCUT2D eigenvalue weighted by atomic mass is 9.48. The van der Waals surface area contributed by atoms with Crippen LogP contribution in [0.25, 0.3) is 0 Å². The lowest BCUT2D eigenvalue weighted by molar-refractivity contribution is -0.200. The standard InChI is InChI=1S/C31H36N2O4.C4H6O6/c34-24-9-8-21-17-25-31(36)12-10-23(33-14-11-22(29(33)35)16-19-4-2-1-3-5-19)28-30(31,26(21)27(24)37-28)13-15-32(25)18-20-6-7-20;5-1(3(7)8)2(6)4(9)10/h1-5,8-9,20,22-23,25,28,34,36H,6-7,10-18H2;1-2,5-6H,(H,7,8)(H,9,10)/t22?,23-,25-,28+,30+,31-;/m1./s1. The molecule has 1 spiro atoms. The average molecular weight is 651 g/mol. The summed E-state index contributed by atoms with van der Waals surface area (Å²) in [7, 11) is 0. The molecule has 2 saturated heterocycles. The van der Waals surface area contributed by atoms with Crippen LogP contribution in [0.1, 0.15) is 55.2 Å². The number of aliphatic hydroxyl groups excluding tert-OH is 2. The van der Waals surface area contributed by atoms with E-state index in [2.05, 4.69) is 28.0 Å². The quantitative estimate of drug-likeness (QED) is 0.242. The third-order valence-corrected chi connectivity index (χ3v) is 11.6. The number of benzene rings is 2. The molecule has 2 bridgehead atoms. The Morgan fingerprint density at radius 2 is 1.64 bits per heavy atom. The number of rotatable bonds is 8. The van der Waals surface area contributed by atoms with Gasteiger partial charge in [0.25, 0.3) is 0 Å². The Balaban J connectivity index is 0.000000308. The Kier molecular flexibility index (Phi) is 7.98. The van der Waals surface area contributed by atoms with E-state index >= 15 is 0 Å². The van der Waals surface area contributed by atoms with Crippen molar-refractivity contribution in [2.75, 3.05) is 19.6 Å². The van der Waals surface area contributed by atoms with Crippen molar-refractivity contribution in [3.8, 4) is 11.5 Å². The van der Waals surface area contributed by atoms with Crippen LogP contribution < -0.4 is 4.74 Å². The normalized spacial score (nSPS) is 33.3. The first-order valence-corrected chi connectivity index (χ1v) is 16.6. The van der Waals surface area contributed by atoms with Crippen LogP contribution in [0.5, 0.6) is 11.5 Å². The molecule has 3 aliphatic heterocycles. The van der Waals surface area contributed by atoms with Crippen molar-refractivity contribution in [2.24, 2.45) is 11.8 Å². The number of aliphatic hydroxyl groups is 3. The van der Waals surface area contributed by atoms with Crippen molar-refractivity contribution in [1.82, 2.24) is 9.80 Å². The van der Waals surface area contributed by atoms with Crippen LogP contribution in [0.4, 0.5) is 0 Å². The summed E-state index contributed by atoms with van der Waals surface area (Å²) in [6, 6.07) is 14.1. The van der Waals surface area contributed by atoms with Gasteiger partial charge in [0.2, 0.25) is 5.91 Å². The molecule has 3 aliphatic carbocycles. The molecule has 6 aliphatic rings. The minimum atomic E-state index is -2.27. The fraction of sp³-hybridized carbons (Fsp3) is 0.571. The van der Waals surface area contributed by atoms with E-state index in [0.717, 1.165) is 63.2 Å². The largest absolute Gasteiger partial charge is 0.504 e. The zero-order chi connectivity index (χ0) is 33.2. The molecule has 0 radical (unpaired) electrons. The average Bonchev–Trinajstić information content (AvgIpc) is 3.70. The summed E-state index contributed by atoms with van der Waals surface area (Å²) in [4.78, 5) is 38.0. The van der Waals surface area contributed by atoms with Gasteiger partial charge in [-0.05, 0) is 81.0 Å². The minimum Gasteiger partial charge on any atom is -0.504 e. The molecule has 0 aromatic heterocycles. The van der Waals surface area contributed by atoms with Gasteiger partial charge in [-0.25, -0.2) is 9.59 Å². The van der Waals surface area contributed by atoms with Crippen LogP contribution >= 0.6 is 0 Å². The van der Waals surface area contributed by atoms with Crippen molar-refractivity contribution < 1.29 is 49.8 Å². The number of ether oxygens (including phenoxy) is 1. The fourth-order valence-electron chi connectivity index (χ4n) is 9.22. The van der Waals surface area contributed by atoms with E-state index in [1.165, 1.54) is 24.0 Å². The Hall–Kier alpha value is -3.71. The van der Waals surface area contributed by atoms with Gasteiger partial charge in [0, 0.05) is 30.6 Å². The summed E-state index contributed by atoms with van der Waals surface area (Å²) in [6.45, 7) is 2.75. The highest BCUT2D eigenvalue weighted by Crippen LogP contribution is 2.66. The number of carboxylic acids is 2. The van der Waals surface area contributed by atoms with Crippen molar-refractivity contribution in [3.63, 3.8) is 0 Å². The van der Waals surface area contributed by atoms with Crippen LogP contribution in [-0.4, -0.2) is 114 Å². The lowest BCUT2D eigenvalue weighted by Crippen LogP contribution is -2.78. The molecule has 12 heteroatoms. The van der Waals surface area contributed by atoms with E-state index in [4.69, 9.17) is 25.2 Å². The van der Waals surface area contributed by atoms with E-state index in [0.29, 0.717) is 12.2 Å². The first-order valence-electron chi connectivity index (χ1n) is 16.6. The zero-order valence-corrected chi connectivity index (χ0v) is 26.1. The molecule has 6 N–H and O–H groups in total. The molecular formula is C35H42N2O10. The molecule has 8 rings (SSSR count). The predicted molar refractivity (Wildman–Crippen MR) is 166 cm³/mol. The highest BCUT2D eigenvalue weighted by atomic mass is 16.5. The van der Waals surface area contributed by atoms with E-state index in [-0.39, 0.29) is 35.8 Å². The van der Waals surface area contributed by atoms with Gasteiger partial charge in [0.05, 0.1) is 17.1 Å². The fourth-order valence-corrected chi connectivity index (χ4v) is 9.22. The van der Waals surface area contributed by atoms with Gasteiger partial charge < -0.3 is 40.3 Å². The summed E-state index contributed by atoms with van der Waals surface area (Å²) >= 11 is 0. The van der Waals surface area contributed by atoms with Crippen molar-refractivity contribution in [3.05, 3.63) is 59.2 Å². The first kappa shape index (κ1) is 31.9. The third-order valence-electron chi connectivity index (χ3n) is 11.6. The van der Waals surface area contributed by atoms with Gasteiger partial charge in [-0.3, -0.25) is 9.69 Å². The molecule has 2 aromatic carbocycles. The monoisotopic (exact) mass is 650 g/mol. The van der Waals surface area contributed by atoms with Crippen LogP contribution in [-0.2, 0) is 32.6 Å². The molecule has 47 heavy (non-hydrogen) atoms. The van der Waals surface area contributed by atoms with Gasteiger partial charge in [-0.1, -0.05) is 36.4 Å². The van der Waals surface area contributed by atoms with Crippen molar-refractivity contribution >= 4 is 17.8 Å². The molecule has 2 aromatic rings. The first-order chi connectivity index (χ1) is 22.5. The number of hydrogen-bond donors (Lipinski definition) is 6. The number of aromatic hydroxyl groups is 1. The number of piperidine rings is 1. The molecular weight excluding hydrogens is 608 g/mol. The molecule has 252 valence electrons. The van der Waals surface area contributed by atoms with Gasteiger partial charge in [0.15, 0.2) is 23.7 Å². The van der Waals surface area contributed by atoms with Crippen LogP contribution in [0.15, 0.2) is 42.5 Å². The highest BCUT2D eigenvalue weighted by molar-refractivity contribution is 5.83. The molecule has 12 nitrogen and oxygen atoms in total. The Morgan fingerprint density at radius 1 is 0.936 bits per heavy atom. The van der Waals surface area contributed by atoms with Crippen molar-refractivity contribution in [2.45, 2.75) is 92.8 Å². The van der Waals surface area contributed by atoms with E-state index in [9.17, 15) is 24.6 Å². The second kappa shape index (κ2) is 11.8. The molecule has 8 atom stereocenters. The Bertz CT molecular complexity index is 1550. The Morgan fingerprint density at radius 3 is 2.30 bits per heavy atom. The maximum absolute atomic E-state index is 13.8. The smallest absolute Gasteiger partial charge is 0.335 e. The number of phenols is 1. The summed E-state index contributed by atoms with van der Waals surface area (Å²) in [5.41, 5.74) is 1.98. The number of phenolic OH excluding ortho intramolecular Hbond substituents is 1. The third kappa shape index (κ3) is 5.08. The number of carboxylic acid groups (broad SMARTS) is 2. The zero-order valence-electron chi connectivity index (χ0n) is 26.1. The maximum atomic E-state index is 13.8. The van der Waals surface area contributed by atoms with Crippen LogP contribution in [0.3, 0.4) is 0 Å². The van der Waals surface area contributed by atoms with E-state index in [1.54, 1.807) is 6.07 Å². The van der Waals surface area contributed by atoms with Crippen LogP contribution in [0, 0.1) is 11.8 Å². The topological polar surface area (TPSA) is 188 Å². The summed E-state index contributed by atoms with van der Waals surface area (Å²) < 4.78 is 6.71. The summed E-state index contributed by atoms with van der Waals surface area (Å²) in [5, 5.41) is 56.1. The number of aliphatic carboxylic acids is 2. The molecule has 1 amide bonds. The number of hydrogen-bond acceptors (Lipinski definition) is 9. The number of carbonyl (C=O) groups is 3. The predicted octanol–water partition coefficient (Wildman–Crippen LogP) is 1.29. The van der Waals surface area contributed by atoms with E-state index < -0.39 is 35.2 Å². The SMILES string of the molecule is O=C(O)C(O)C(O)C(=O)O.O=C1C(Cc2ccccc2)CCN1[C@@H]1CC[C@@]2(O)[C@H]3Cc4ccc(O)c5c4[C@@]2(CCN3CC2CC2)[C@H]1O5. The number of likely N-dealkylation sites (tertiary alicyclic amines) is 2. The second-order valence-electron chi connectivity index (χ2n) is 14.2. The second-order valence-corrected chi connectivity index (χ2v) is 14.2. The lowest BCUT2D eigenvalue weighted by Gasteiger charge is -2.64. The molecule has 4 fully saturated rings. The Labute approximate surface area is 272 Å². The summed E-state index contributed by atoms with van der Waals surface area (Å²) in [6.07, 6.45) is 2.40. The highest BCUT2D eigenvalue weighted by Gasteiger charge is 2.73. The molecule has 2 saturated carbocycles. The molecule has 3 unspecified atom stereocenters. The van der Waals surface area contributed by atoms with Gasteiger partial charge in [-0.15, -0.1) is 0 Å². The van der Waals surface area contributed by atoms with Crippen molar-refractivity contribution in [1.29, 1.82) is 0 Å².